The van der Waals surface area contributed by atoms with E-state index < -0.39 is 0 Å². The lowest BCUT2D eigenvalue weighted by atomic mass is 10.0. The van der Waals surface area contributed by atoms with E-state index in [-0.39, 0.29) is 16.7 Å². The van der Waals surface area contributed by atoms with Crippen molar-refractivity contribution >= 4 is 17.7 Å². The molecule has 2 rings (SSSR count). The predicted molar refractivity (Wildman–Crippen MR) is 76.6 cm³/mol. The molecule has 1 atom stereocenters. The molecular weight excluding hydrogens is 244 g/mol. The fraction of sp³-hybridized carbons (Fsp3) is 0.500. The van der Waals surface area contributed by atoms with E-state index in [1.165, 1.54) is 5.56 Å². The van der Waals surface area contributed by atoms with Crippen molar-refractivity contribution in [2.24, 2.45) is 0 Å². The molecule has 1 aliphatic rings. The maximum atomic E-state index is 12.1. The van der Waals surface area contributed by atoms with Crippen LogP contribution in [0.25, 0.3) is 0 Å². The lowest BCUT2D eigenvalue weighted by Crippen LogP contribution is -2.49. The Morgan fingerprint density at radius 1 is 1.44 bits per heavy atom. The number of hydrogen-bond donors (Lipinski definition) is 2. The van der Waals surface area contributed by atoms with E-state index in [0.717, 1.165) is 12.3 Å². The number of rotatable bonds is 4. The van der Waals surface area contributed by atoms with Gasteiger partial charge in [0.05, 0.1) is 0 Å². The third-order valence-corrected chi connectivity index (χ3v) is 4.54. The van der Waals surface area contributed by atoms with Crippen LogP contribution in [0.15, 0.2) is 30.3 Å². The summed E-state index contributed by atoms with van der Waals surface area (Å²) in [5.41, 5.74) is 1.26. The van der Waals surface area contributed by atoms with Crippen LogP contribution < -0.4 is 10.6 Å². The third kappa shape index (κ3) is 3.27. The summed E-state index contributed by atoms with van der Waals surface area (Å²) in [4.78, 5) is 12.1. The first-order chi connectivity index (χ1) is 8.59. The normalized spacial score (nSPS) is 21.8. The number of amides is 1. The molecule has 3 nitrogen and oxygen atoms in total. The highest BCUT2D eigenvalue weighted by Crippen LogP contribution is 2.32. The van der Waals surface area contributed by atoms with E-state index >= 15 is 0 Å². The first-order valence-electron chi connectivity index (χ1n) is 6.28. The highest BCUT2D eigenvalue weighted by Gasteiger charge is 2.39. The van der Waals surface area contributed by atoms with Gasteiger partial charge < -0.3 is 5.32 Å². The van der Waals surface area contributed by atoms with E-state index in [0.29, 0.717) is 6.54 Å². The number of nitrogens with one attached hydrogen (secondary N) is 2. The van der Waals surface area contributed by atoms with Crippen LogP contribution in [0.2, 0.25) is 0 Å². The summed E-state index contributed by atoms with van der Waals surface area (Å²) in [6, 6.07) is 10.1. The maximum absolute atomic E-state index is 12.1. The highest BCUT2D eigenvalue weighted by molar-refractivity contribution is 8.00. The van der Waals surface area contributed by atoms with Gasteiger partial charge in [-0.1, -0.05) is 30.3 Å². The van der Waals surface area contributed by atoms with Crippen molar-refractivity contribution in [3.8, 4) is 0 Å². The Balaban J connectivity index is 1.79. The molecule has 0 bridgehead atoms. The molecule has 0 spiro atoms. The number of hydrogen-bond acceptors (Lipinski definition) is 3. The van der Waals surface area contributed by atoms with Crippen LogP contribution in [-0.2, 0) is 11.2 Å². The SMILES string of the molecule is CC1(C)SCN[C@@H]1C(=O)NCCc1ccccc1. The Morgan fingerprint density at radius 2 is 2.17 bits per heavy atom. The summed E-state index contributed by atoms with van der Waals surface area (Å²) in [5, 5.41) is 6.26. The first kappa shape index (κ1) is 13.4. The van der Waals surface area contributed by atoms with Gasteiger partial charge in [-0.2, -0.15) is 0 Å². The Labute approximate surface area is 113 Å². The smallest absolute Gasteiger partial charge is 0.238 e. The minimum atomic E-state index is -0.0849. The fourth-order valence-corrected chi connectivity index (χ4v) is 3.10. The molecule has 1 aliphatic heterocycles. The van der Waals surface area contributed by atoms with Crippen molar-refractivity contribution in [2.45, 2.75) is 31.1 Å². The highest BCUT2D eigenvalue weighted by atomic mass is 32.2. The van der Waals surface area contributed by atoms with Crippen molar-refractivity contribution in [2.75, 3.05) is 12.4 Å². The van der Waals surface area contributed by atoms with Gasteiger partial charge in [-0.3, -0.25) is 10.1 Å². The molecule has 0 radical (unpaired) electrons. The van der Waals surface area contributed by atoms with Gasteiger partial charge in [0.25, 0.3) is 0 Å². The van der Waals surface area contributed by atoms with Gasteiger partial charge in [0.2, 0.25) is 5.91 Å². The summed E-state index contributed by atoms with van der Waals surface area (Å²) >= 11 is 1.79. The fourth-order valence-electron chi connectivity index (χ4n) is 2.13. The lowest BCUT2D eigenvalue weighted by Gasteiger charge is -2.24. The number of benzene rings is 1. The summed E-state index contributed by atoms with van der Waals surface area (Å²) in [6.07, 6.45) is 0.882. The predicted octanol–water partition coefficient (Wildman–Crippen LogP) is 1.79. The summed E-state index contributed by atoms with van der Waals surface area (Å²) in [6.45, 7) is 4.92. The molecule has 1 heterocycles. The van der Waals surface area contributed by atoms with Gasteiger partial charge in [-0.05, 0) is 25.8 Å². The standard InChI is InChI=1S/C14H20N2OS/c1-14(2)12(16-10-18-14)13(17)15-9-8-11-6-4-3-5-7-11/h3-7,12,16H,8-10H2,1-2H3,(H,15,17)/t12-/m1/s1. The van der Waals surface area contributed by atoms with Crippen molar-refractivity contribution < 1.29 is 4.79 Å². The zero-order valence-electron chi connectivity index (χ0n) is 10.9. The maximum Gasteiger partial charge on any atom is 0.238 e. The van der Waals surface area contributed by atoms with Crippen LogP contribution >= 0.6 is 11.8 Å². The van der Waals surface area contributed by atoms with Crippen molar-refractivity contribution in [1.82, 2.24) is 10.6 Å². The summed E-state index contributed by atoms with van der Waals surface area (Å²) < 4.78 is -0.0170. The van der Waals surface area contributed by atoms with Gasteiger partial charge in [0.1, 0.15) is 6.04 Å². The molecular formula is C14H20N2OS. The van der Waals surface area contributed by atoms with Gasteiger partial charge in [-0.25, -0.2) is 0 Å². The zero-order valence-corrected chi connectivity index (χ0v) is 11.7. The Morgan fingerprint density at radius 3 is 2.78 bits per heavy atom. The largest absolute Gasteiger partial charge is 0.354 e. The Kier molecular flexibility index (Phi) is 4.30. The van der Waals surface area contributed by atoms with Crippen molar-refractivity contribution in [3.05, 3.63) is 35.9 Å². The average molecular weight is 264 g/mol. The van der Waals surface area contributed by atoms with Crippen LogP contribution in [0.3, 0.4) is 0 Å². The van der Waals surface area contributed by atoms with Crippen LogP contribution in [-0.4, -0.2) is 29.1 Å². The lowest BCUT2D eigenvalue weighted by molar-refractivity contribution is -0.123. The second kappa shape index (κ2) is 5.76. The van der Waals surface area contributed by atoms with E-state index in [9.17, 15) is 4.79 Å². The molecule has 1 aromatic carbocycles. The molecule has 1 aromatic rings. The molecule has 1 fully saturated rings. The third-order valence-electron chi connectivity index (χ3n) is 3.24. The summed E-state index contributed by atoms with van der Waals surface area (Å²) in [7, 11) is 0. The number of carbonyl (C=O) groups is 1. The molecule has 0 saturated carbocycles. The molecule has 4 heteroatoms. The minimum Gasteiger partial charge on any atom is -0.354 e. The van der Waals surface area contributed by atoms with Gasteiger partial charge in [-0.15, -0.1) is 11.8 Å². The first-order valence-corrected chi connectivity index (χ1v) is 7.27. The van der Waals surface area contributed by atoms with Crippen LogP contribution in [0, 0.1) is 0 Å². The quantitative estimate of drug-likeness (QED) is 0.871. The molecule has 0 aromatic heterocycles. The summed E-state index contributed by atoms with van der Waals surface area (Å²) in [5.74, 6) is 0.963. The number of thioether (sulfide) groups is 1. The average Bonchev–Trinajstić information content (AvgIpc) is 2.70. The van der Waals surface area contributed by atoms with Crippen molar-refractivity contribution in [3.63, 3.8) is 0 Å². The topological polar surface area (TPSA) is 41.1 Å². The molecule has 2 N–H and O–H groups in total. The van der Waals surface area contributed by atoms with E-state index in [4.69, 9.17) is 0 Å². The minimum absolute atomic E-state index is 0.0170. The van der Waals surface area contributed by atoms with Crippen LogP contribution in [0.5, 0.6) is 0 Å². The Hall–Kier alpha value is -1.00. The molecule has 1 saturated heterocycles. The van der Waals surface area contributed by atoms with Gasteiger partial charge in [0.15, 0.2) is 0 Å². The van der Waals surface area contributed by atoms with E-state index in [2.05, 4.69) is 36.6 Å². The van der Waals surface area contributed by atoms with Crippen LogP contribution in [0.4, 0.5) is 0 Å². The number of carbonyl (C=O) groups excluding carboxylic acids is 1. The van der Waals surface area contributed by atoms with E-state index in [1.807, 2.05) is 18.2 Å². The van der Waals surface area contributed by atoms with E-state index in [1.54, 1.807) is 11.8 Å². The molecule has 0 aliphatic carbocycles. The molecule has 98 valence electrons. The van der Waals surface area contributed by atoms with Crippen molar-refractivity contribution in [1.29, 1.82) is 0 Å². The monoisotopic (exact) mass is 264 g/mol. The zero-order chi connectivity index (χ0) is 13.0. The molecule has 1 amide bonds. The molecule has 0 unspecified atom stereocenters. The second-order valence-corrected chi connectivity index (χ2v) is 6.69. The molecule has 18 heavy (non-hydrogen) atoms. The second-order valence-electron chi connectivity index (χ2n) is 5.06. The van der Waals surface area contributed by atoms with Crippen LogP contribution in [0.1, 0.15) is 19.4 Å². The van der Waals surface area contributed by atoms with Gasteiger partial charge >= 0.3 is 0 Å². The Bertz CT molecular complexity index is 406. The van der Waals surface area contributed by atoms with Gasteiger partial charge in [0, 0.05) is 17.2 Å².